The van der Waals surface area contributed by atoms with E-state index >= 15 is 0 Å². The number of aromatic nitrogens is 2. The standard InChI is InChI=1S/C10H14Cl2N2O/c1-4-10(3,15-5-2)9-13-7(11)6-8(12)14-9/h6H,4-5H2,1-3H3. The summed E-state index contributed by atoms with van der Waals surface area (Å²) >= 11 is 11.6. The zero-order valence-corrected chi connectivity index (χ0v) is 10.6. The van der Waals surface area contributed by atoms with E-state index in [0.29, 0.717) is 22.7 Å². The van der Waals surface area contributed by atoms with Crippen molar-refractivity contribution in [2.24, 2.45) is 0 Å². The third kappa shape index (κ3) is 3.03. The van der Waals surface area contributed by atoms with Gasteiger partial charge in [0.1, 0.15) is 15.9 Å². The molecule has 0 bridgehead atoms. The first kappa shape index (κ1) is 12.7. The van der Waals surface area contributed by atoms with Crippen molar-refractivity contribution in [3.63, 3.8) is 0 Å². The van der Waals surface area contributed by atoms with Crippen LogP contribution in [0, 0.1) is 0 Å². The number of ether oxygens (including phenoxy) is 1. The molecule has 84 valence electrons. The summed E-state index contributed by atoms with van der Waals surface area (Å²) < 4.78 is 5.63. The van der Waals surface area contributed by atoms with Crippen LogP contribution in [-0.2, 0) is 10.3 Å². The number of hydrogen-bond donors (Lipinski definition) is 0. The van der Waals surface area contributed by atoms with Gasteiger partial charge < -0.3 is 4.74 Å². The van der Waals surface area contributed by atoms with Gasteiger partial charge in [0.2, 0.25) is 0 Å². The molecule has 0 aliphatic rings. The van der Waals surface area contributed by atoms with E-state index in [-0.39, 0.29) is 0 Å². The molecule has 3 nitrogen and oxygen atoms in total. The molecule has 1 heterocycles. The molecule has 0 radical (unpaired) electrons. The lowest BCUT2D eigenvalue weighted by Crippen LogP contribution is -2.28. The van der Waals surface area contributed by atoms with E-state index in [4.69, 9.17) is 27.9 Å². The predicted octanol–water partition coefficient (Wildman–Crippen LogP) is 3.45. The largest absolute Gasteiger partial charge is 0.368 e. The van der Waals surface area contributed by atoms with Gasteiger partial charge in [0.25, 0.3) is 0 Å². The van der Waals surface area contributed by atoms with Crippen LogP contribution in [0.5, 0.6) is 0 Å². The minimum atomic E-state index is -0.525. The molecular weight excluding hydrogens is 235 g/mol. The Bertz CT molecular complexity index is 326. The Hall–Kier alpha value is -0.380. The van der Waals surface area contributed by atoms with Gasteiger partial charge in [-0.1, -0.05) is 30.1 Å². The maximum absolute atomic E-state index is 5.82. The second-order valence-corrected chi connectivity index (χ2v) is 4.13. The van der Waals surface area contributed by atoms with Gasteiger partial charge in [-0.05, 0) is 20.3 Å². The molecule has 0 spiro atoms. The highest BCUT2D eigenvalue weighted by Crippen LogP contribution is 2.27. The Labute approximate surface area is 99.8 Å². The summed E-state index contributed by atoms with van der Waals surface area (Å²) in [6, 6.07) is 1.51. The molecule has 1 aromatic rings. The van der Waals surface area contributed by atoms with E-state index in [1.807, 2.05) is 20.8 Å². The van der Waals surface area contributed by atoms with Crippen LogP contribution >= 0.6 is 23.2 Å². The fourth-order valence-electron chi connectivity index (χ4n) is 1.27. The molecular formula is C10H14Cl2N2O. The first-order valence-electron chi connectivity index (χ1n) is 4.86. The third-order valence-electron chi connectivity index (χ3n) is 2.27. The van der Waals surface area contributed by atoms with E-state index in [1.54, 1.807) is 0 Å². The topological polar surface area (TPSA) is 35.0 Å². The lowest BCUT2D eigenvalue weighted by atomic mass is 10.0. The molecule has 0 fully saturated rings. The Morgan fingerprint density at radius 2 is 1.80 bits per heavy atom. The van der Waals surface area contributed by atoms with Gasteiger partial charge in [-0.25, -0.2) is 9.97 Å². The van der Waals surface area contributed by atoms with Gasteiger partial charge in [-0.15, -0.1) is 0 Å². The van der Waals surface area contributed by atoms with Crippen molar-refractivity contribution >= 4 is 23.2 Å². The first-order chi connectivity index (χ1) is 7.01. The van der Waals surface area contributed by atoms with Crippen molar-refractivity contribution in [1.29, 1.82) is 0 Å². The molecule has 0 amide bonds. The number of hydrogen-bond acceptors (Lipinski definition) is 3. The van der Waals surface area contributed by atoms with Crippen LogP contribution in [0.15, 0.2) is 6.07 Å². The van der Waals surface area contributed by atoms with Crippen LogP contribution in [0.2, 0.25) is 10.3 Å². The van der Waals surface area contributed by atoms with Crippen LogP contribution < -0.4 is 0 Å². The van der Waals surface area contributed by atoms with Gasteiger partial charge in [0, 0.05) is 12.7 Å². The summed E-state index contributed by atoms with van der Waals surface area (Å²) in [6.45, 7) is 6.46. The van der Waals surface area contributed by atoms with Crippen molar-refractivity contribution in [2.75, 3.05) is 6.61 Å². The van der Waals surface area contributed by atoms with Crippen molar-refractivity contribution < 1.29 is 4.74 Å². The highest BCUT2D eigenvalue weighted by Gasteiger charge is 2.28. The Morgan fingerprint density at radius 3 is 2.20 bits per heavy atom. The van der Waals surface area contributed by atoms with Crippen molar-refractivity contribution in [1.82, 2.24) is 9.97 Å². The second kappa shape index (κ2) is 5.10. The molecule has 0 N–H and O–H groups in total. The van der Waals surface area contributed by atoms with E-state index in [0.717, 1.165) is 6.42 Å². The van der Waals surface area contributed by atoms with E-state index < -0.39 is 5.60 Å². The van der Waals surface area contributed by atoms with Crippen LogP contribution in [-0.4, -0.2) is 16.6 Å². The summed E-state index contributed by atoms with van der Waals surface area (Å²) in [6.07, 6.45) is 0.761. The zero-order valence-electron chi connectivity index (χ0n) is 9.05. The minimum absolute atomic E-state index is 0.337. The lowest BCUT2D eigenvalue weighted by Gasteiger charge is -2.26. The fraction of sp³-hybridized carbons (Fsp3) is 0.600. The molecule has 5 heteroatoms. The Kier molecular flexibility index (Phi) is 4.32. The molecule has 1 unspecified atom stereocenters. The molecule has 0 saturated heterocycles. The van der Waals surface area contributed by atoms with Crippen LogP contribution in [0.25, 0.3) is 0 Å². The quantitative estimate of drug-likeness (QED) is 0.766. The molecule has 0 aliphatic carbocycles. The van der Waals surface area contributed by atoms with Gasteiger partial charge >= 0.3 is 0 Å². The highest BCUT2D eigenvalue weighted by molar-refractivity contribution is 6.33. The van der Waals surface area contributed by atoms with E-state index in [2.05, 4.69) is 9.97 Å². The van der Waals surface area contributed by atoms with Crippen LogP contribution in [0.3, 0.4) is 0 Å². The summed E-state index contributed by atoms with van der Waals surface area (Å²) in [5.41, 5.74) is -0.525. The van der Waals surface area contributed by atoms with E-state index in [1.165, 1.54) is 6.07 Å². The maximum atomic E-state index is 5.82. The van der Waals surface area contributed by atoms with E-state index in [9.17, 15) is 0 Å². The fourth-order valence-corrected chi connectivity index (χ4v) is 1.69. The molecule has 0 aromatic carbocycles. The Morgan fingerprint density at radius 1 is 1.27 bits per heavy atom. The number of halogens is 2. The third-order valence-corrected chi connectivity index (χ3v) is 2.66. The van der Waals surface area contributed by atoms with Crippen molar-refractivity contribution in [3.05, 3.63) is 22.2 Å². The average molecular weight is 249 g/mol. The molecule has 0 saturated carbocycles. The maximum Gasteiger partial charge on any atom is 0.163 e. The monoisotopic (exact) mass is 248 g/mol. The number of rotatable bonds is 4. The highest BCUT2D eigenvalue weighted by atomic mass is 35.5. The predicted molar refractivity (Wildman–Crippen MR) is 61.3 cm³/mol. The first-order valence-corrected chi connectivity index (χ1v) is 5.62. The summed E-state index contributed by atoms with van der Waals surface area (Å²) in [5.74, 6) is 0.532. The normalized spacial score (nSPS) is 15.0. The van der Waals surface area contributed by atoms with Gasteiger partial charge in [-0.2, -0.15) is 0 Å². The van der Waals surface area contributed by atoms with Crippen LogP contribution in [0.1, 0.15) is 33.0 Å². The molecule has 15 heavy (non-hydrogen) atoms. The summed E-state index contributed by atoms with van der Waals surface area (Å²) in [4.78, 5) is 8.28. The Balaban J connectivity index is 3.11. The van der Waals surface area contributed by atoms with Crippen LogP contribution in [0.4, 0.5) is 0 Å². The smallest absolute Gasteiger partial charge is 0.163 e. The second-order valence-electron chi connectivity index (χ2n) is 3.35. The minimum Gasteiger partial charge on any atom is -0.368 e. The molecule has 0 aliphatic heterocycles. The van der Waals surface area contributed by atoms with Gasteiger partial charge in [-0.3, -0.25) is 0 Å². The van der Waals surface area contributed by atoms with Gasteiger partial charge in [0.15, 0.2) is 5.82 Å². The van der Waals surface area contributed by atoms with Crippen molar-refractivity contribution in [3.8, 4) is 0 Å². The molecule has 1 aromatic heterocycles. The average Bonchev–Trinajstić information content (AvgIpc) is 2.16. The number of nitrogens with zero attached hydrogens (tertiary/aromatic N) is 2. The van der Waals surface area contributed by atoms with Gasteiger partial charge in [0.05, 0.1) is 0 Å². The summed E-state index contributed by atoms with van der Waals surface area (Å²) in [7, 11) is 0. The zero-order chi connectivity index (χ0) is 11.5. The molecule has 1 atom stereocenters. The molecule has 1 rings (SSSR count). The van der Waals surface area contributed by atoms with Crippen molar-refractivity contribution in [2.45, 2.75) is 32.8 Å². The SMILES string of the molecule is CCOC(C)(CC)c1nc(Cl)cc(Cl)n1. The summed E-state index contributed by atoms with van der Waals surface area (Å²) in [5, 5.41) is 0.675. The lowest BCUT2D eigenvalue weighted by molar-refractivity contribution is -0.0390.